The Kier molecular flexibility index (Phi) is 4.60. The van der Waals surface area contributed by atoms with Gasteiger partial charge in [0.1, 0.15) is 0 Å². The molecular weight excluding hydrogens is 276 g/mol. The minimum atomic E-state index is 0.517. The third-order valence-electron chi connectivity index (χ3n) is 3.14. The highest BCUT2D eigenvalue weighted by atomic mass is 79.9. The lowest BCUT2D eigenvalue weighted by molar-refractivity contribution is 0.499. The van der Waals surface area contributed by atoms with E-state index >= 15 is 0 Å². The second kappa shape index (κ2) is 5.98. The maximum Gasteiger partial charge on any atom is 0.0222 e. The molecule has 1 aliphatic carbocycles. The van der Waals surface area contributed by atoms with Crippen LogP contribution in [0.1, 0.15) is 30.9 Å². The highest BCUT2D eigenvalue weighted by Gasteiger charge is 2.20. The van der Waals surface area contributed by atoms with Crippen LogP contribution in [0.25, 0.3) is 0 Å². The molecule has 2 nitrogen and oxygen atoms in total. The number of halogens is 1. The Hall–Kier alpha value is -0.380. The summed E-state index contributed by atoms with van der Waals surface area (Å²) in [6, 6.07) is 7.83. The van der Waals surface area contributed by atoms with E-state index in [1.165, 1.54) is 28.4 Å². The normalized spacial score (nSPS) is 17.1. The van der Waals surface area contributed by atoms with Crippen molar-refractivity contribution in [3.8, 4) is 0 Å². The Morgan fingerprint density at radius 1 is 1.41 bits per heavy atom. The van der Waals surface area contributed by atoms with Gasteiger partial charge >= 0.3 is 0 Å². The first kappa shape index (κ1) is 13.1. The van der Waals surface area contributed by atoms with Gasteiger partial charge in [-0.1, -0.05) is 28.1 Å². The van der Waals surface area contributed by atoms with Gasteiger partial charge in [-0.05, 0) is 43.9 Å². The summed E-state index contributed by atoms with van der Waals surface area (Å²) in [6.45, 7) is 6.34. The summed E-state index contributed by atoms with van der Waals surface area (Å²) < 4.78 is 1.20. The predicted molar refractivity (Wildman–Crippen MR) is 76.2 cm³/mol. The van der Waals surface area contributed by atoms with Crippen LogP contribution in [-0.2, 0) is 6.54 Å². The van der Waals surface area contributed by atoms with E-state index in [0.29, 0.717) is 6.04 Å². The van der Waals surface area contributed by atoms with E-state index in [1.807, 2.05) is 0 Å². The van der Waals surface area contributed by atoms with Gasteiger partial charge in [0, 0.05) is 29.6 Å². The standard InChI is InChI=1S/C14H21BrN2/c1-10-3-4-12(14(15)7-10)9-16-11(2)8-17-13-5-6-13/h3-4,7,11,13,16-17H,5-6,8-9H2,1-2H3. The largest absolute Gasteiger partial charge is 0.312 e. The summed E-state index contributed by atoms with van der Waals surface area (Å²) in [5.74, 6) is 0. The molecule has 1 fully saturated rings. The maximum atomic E-state index is 3.61. The third kappa shape index (κ3) is 4.41. The number of aryl methyl sites for hydroxylation is 1. The molecule has 1 aliphatic rings. The molecule has 17 heavy (non-hydrogen) atoms. The Labute approximate surface area is 112 Å². The number of benzene rings is 1. The van der Waals surface area contributed by atoms with Gasteiger partial charge in [-0.2, -0.15) is 0 Å². The van der Waals surface area contributed by atoms with Crippen LogP contribution >= 0.6 is 15.9 Å². The zero-order valence-corrected chi connectivity index (χ0v) is 12.2. The Morgan fingerprint density at radius 3 is 2.82 bits per heavy atom. The lowest BCUT2D eigenvalue weighted by Gasteiger charge is -2.15. The first-order valence-corrected chi connectivity index (χ1v) is 7.16. The summed E-state index contributed by atoms with van der Waals surface area (Å²) in [5, 5.41) is 7.09. The van der Waals surface area contributed by atoms with Crippen molar-refractivity contribution in [2.45, 2.75) is 45.3 Å². The highest BCUT2D eigenvalue weighted by Crippen LogP contribution is 2.19. The molecule has 1 unspecified atom stereocenters. The van der Waals surface area contributed by atoms with Crippen LogP contribution in [0.2, 0.25) is 0 Å². The van der Waals surface area contributed by atoms with Crippen LogP contribution in [0, 0.1) is 6.92 Å². The van der Waals surface area contributed by atoms with Gasteiger partial charge in [0.25, 0.3) is 0 Å². The quantitative estimate of drug-likeness (QED) is 0.843. The van der Waals surface area contributed by atoms with Crippen LogP contribution in [0.5, 0.6) is 0 Å². The molecule has 94 valence electrons. The molecule has 1 atom stereocenters. The molecule has 0 bridgehead atoms. The summed E-state index contributed by atoms with van der Waals surface area (Å²) >= 11 is 3.61. The molecule has 3 heteroatoms. The van der Waals surface area contributed by atoms with Crippen LogP contribution in [0.4, 0.5) is 0 Å². The summed E-state index contributed by atoms with van der Waals surface area (Å²) in [7, 11) is 0. The maximum absolute atomic E-state index is 3.61. The van der Waals surface area contributed by atoms with E-state index in [9.17, 15) is 0 Å². The minimum absolute atomic E-state index is 0.517. The van der Waals surface area contributed by atoms with Gasteiger partial charge < -0.3 is 10.6 Å². The molecule has 2 N–H and O–H groups in total. The molecule has 1 saturated carbocycles. The van der Waals surface area contributed by atoms with Crippen LogP contribution in [0.3, 0.4) is 0 Å². The minimum Gasteiger partial charge on any atom is -0.312 e. The molecule has 1 aromatic carbocycles. The number of rotatable bonds is 6. The predicted octanol–water partition coefficient (Wildman–Crippen LogP) is 2.99. The van der Waals surface area contributed by atoms with E-state index < -0.39 is 0 Å². The van der Waals surface area contributed by atoms with Gasteiger partial charge in [0.2, 0.25) is 0 Å². The van der Waals surface area contributed by atoms with Gasteiger partial charge in [0.05, 0.1) is 0 Å². The van der Waals surface area contributed by atoms with Crippen molar-refractivity contribution in [1.29, 1.82) is 0 Å². The molecular formula is C14H21BrN2. The van der Waals surface area contributed by atoms with Gasteiger partial charge in [-0.15, -0.1) is 0 Å². The molecule has 0 aromatic heterocycles. The highest BCUT2D eigenvalue weighted by molar-refractivity contribution is 9.10. The molecule has 0 heterocycles. The van der Waals surface area contributed by atoms with E-state index in [2.05, 4.69) is 58.6 Å². The number of hydrogen-bond donors (Lipinski definition) is 2. The van der Waals surface area contributed by atoms with Crippen molar-refractivity contribution in [3.63, 3.8) is 0 Å². The van der Waals surface area contributed by atoms with Crippen molar-refractivity contribution >= 4 is 15.9 Å². The van der Waals surface area contributed by atoms with E-state index in [0.717, 1.165) is 19.1 Å². The van der Waals surface area contributed by atoms with E-state index in [4.69, 9.17) is 0 Å². The first-order valence-electron chi connectivity index (χ1n) is 6.37. The first-order chi connectivity index (χ1) is 8.15. The van der Waals surface area contributed by atoms with Crippen molar-refractivity contribution in [2.75, 3.05) is 6.54 Å². The number of hydrogen-bond acceptors (Lipinski definition) is 2. The van der Waals surface area contributed by atoms with Crippen molar-refractivity contribution in [2.24, 2.45) is 0 Å². The fraction of sp³-hybridized carbons (Fsp3) is 0.571. The molecule has 0 spiro atoms. The second-order valence-corrected chi connectivity index (χ2v) is 5.91. The van der Waals surface area contributed by atoms with Gasteiger partial charge in [-0.3, -0.25) is 0 Å². The fourth-order valence-electron chi connectivity index (χ4n) is 1.78. The average molecular weight is 297 g/mol. The lowest BCUT2D eigenvalue weighted by atomic mass is 10.1. The zero-order valence-electron chi connectivity index (χ0n) is 10.6. The van der Waals surface area contributed by atoms with Crippen LogP contribution < -0.4 is 10.6 Å². The summed E-state index contributed by atoms with van der Waals surface area (Å²) in [6.07, 6.45) is 2.71. The van der Waals surface area contributed by atoms with Crippen molar-refractivity contribution in [3.05, 3.63) is 33.8 Å². The molecule has 2 rings (SSSR count). The number of nitrogens with one attached hydrogen (secondary N) is 2. The zero-order chi connectivity index (χ0) is 12.3. The Bertz CT molecular complexity index is 374. The van der Waals surface area contributed by atoms with E-state index in [1.54, 1.807) is 0 Å². The monoisotopic (exact) mass is 296 g/mol. The topological polar surface area (TPSA) is 24.1 Å². The molecule has 0 radical (unpaired) electrons. The SMILES string of the molecule is Cc1ccc(CNC(C)CNC2CC2)c(Br)c1. The van der Waals surface area contributed by atoms with Gasteiger partial charge in [0.15, 0.2) is 0 Å². The molecule has 1 aromatic rings. The van der Waals surface area contributed by atoms with Crippen LogP contribution in [0.15, 0.2) is 22.7 Å². The van der Waals surface area contributed by atoms with Crippen molar-refractivity contribution in [1.82, 2.24) is 10.6 Å². The van der Waals surface area contributed by atoms with Gasteiger partial charge in [-0.25, -0.2) is 0 Å². The summed E-state index contributed by atoms with van der Waals surface area (Å²) in [5.41, 5.74) is 2.62. The van der Waals surface area contributed by atoms with E-state index in [-0.39, 0.29) is 0 Å². The van der Waals surface area contributed by atoms with Crippen molar-refractivity contribution < 1.29 is 0 Å². The Morgan fingerprint density at radius 2 is 2.18 bits per heavy atom. The Balaban J connectivity index is 1.75. The molecule has 0 amide bonds. The average Bonchev–Trinajstić information content (AvgIpc) is 3.09. The molecule has 0 saturated heterocycles. The second-order valence-electron chi connectivity index (χ2n) is 5.06. The summed E-state index contributed by atoms with van der Waals surface area (Å²) in [4.78, 5) is 0. The lowest BCUT2D eigenvalue weighted by Crippen LogP contribution is -2.36. The molecule has 0 aliphatic heterocycles. The smallest absolute Gasteiger partial charge is 0.0222 e. The van der Waals surface area contributed by atoms with Crippen LogP contribution in [-0.4, -0.2) is 18.6 Å². The fourth-order valence-corrected chi connectivity index (χ4v) is 2.42. The third-order valence-corrected chi connectivity index (χ3v) is 3.88.